The van der Waals surface area contributed by atoms with Gasteiger partial charge in [0.1, 0.15) is 17.5 Å². The molecule has 0 aliphatic rings. The Morgan fingerprint density at radius 1 is 1.33 bits per heavy atom. The Kier molecular flexibility index (Phi) is 5.54. The maximum absolute atomic E-state index is 11.8. The van der Waals surface area contributed by atoms with Crippen molar-refractivity contribution in [1.29, 1.82) is 0 Å². The van der Waals surface area contributed by atoms with E-state index in [4.69, 9.17) is 21.4 Å². The first-order valence-electron chi connectivity index (χ1n) is 6.42. The summed E-state index contributed by atoms with van der Waals surface area (Å²) >= 11 is 5.95. The second-order valence-electron chi connectivity index (χ2n) is 4.25. The number of hydrogen-bond acceptors (Lipinski definition) is 4. The van der Waals surface area contributed by atoms with E-state index in [1.165, 1.54) is 0 Å². The van der Waals surface area contributed by atoms with Crippen molar-refractivity contribution >= 4 is 17.5 Å². The number of nitrogens with one attached hydrogen (secondary N) is 1. The van der Waals surface area contributed by atoms with Crippen LogP contribution in [0, 0.1) is 0 Å². The molecule has 0 bridgehead atoms. The number of carbonyl (C=O) groups excluding carboxylic acids is 1. The van der Waals surface area contributed by atoms with E-state index in [2.05, 4.69) is 10.3 Å². The fourth-order valence-electron chi connectivity index (χ4n) is 1.69. The van der Waals surface area contributed by atoms with Crippen LogP contribution in [-0.2, 0) is 6.61 Å². The summed E-state index contributed by atoms with van der Waals surface area (Å²) in [4.78, 5) is 15.7. The number of rotatable bonds is 6. The van der Waals surface area contributed by atoms with Gasteiger partial charge in [-0.05, 0) is 24.3 Å². The van der Waals surface area contributed by atoms with Crippen LogP contribution in [0.25, 0.3) is 0 Å². The fourth-order valence-corrected chi connectivity index (χ4v) is 1.86. The molecular weight excluding hydrogens is 292 g/mol. The summed E-state index contributed by atoms with van der Waals surface area (Å²) in [5, 5.41) is 11.7. The normalized spacial score (nSPS) is 10.2. The van der Waals surface area contributed by atoms with Crippen LogP contribution in [0.3, 0.4) is 0 Å². The second kappa shape index (κ2) is 7.61. The van der Waals surface area contributed by atoms with Crippen LogP contribution in [0.4, 0.5) is 0 Å². The molecule has 5 nitrogen and oxygen atoms in total. The first-order chi connectivity index (χ1) is 10.2. The van der Waals surface area contributed by atoms with Crippen molar-refractivity contribution in [3.8, 4) is 5.75 Å². The lowest BCUT2D eigenvalue weighted by Crippen LogP contribution is -2.26. The Balaban J connectivity index is 2.01. The minimum absolute atomic E-state index is 0.0958. The number of aliphatic hydroxyl groups is 1. The number of nitrogens with zero attached hydrogens (tertiary/aromatic N) is 1. The van der Waals surface area contributed by atoms with Crippen LogP contribution < -0.4 is 10.1 Å². The predicted molar refractivity (Wildman–Crippen MR) is 79.4 cm³/mol. The molecule has 2 N–H and O–H groups in total. The van der Waals surface area contributed by atoms with E-state index in [1.807, 2.05) is 6.07 Å². The molecule has 0 unspecified atom stereocenters. The maximum atomic E-state index is 11.8. The average Bonchev–Trinajstić information content (AvgIpc) is 2.52. The van der Waals surface area contributed by atoms with E-state index < -0.39 is 0 Å². The molecule has 0 fully saturated rings. The Morgan fingerprint density at radius 3 is 2.95 bits per heavy atom. The molecule has 6 heteroatoms. The zero-order valence-electron chi connectivity index (χ0n) is 11.3. The summed E-state index contributed by atoms with van der Waals surface area (Å²) in [6.45, 7) is 0.394. The van der Waals surface area contributed by atoms with Crippen molar-refractivity contribution in [2.75, 3.05) is 13.2 Å². The Hall–Kier alpha value is -2.11. The van der Waals surface area contributed by atoms with Gasteiger partial charge in [0.05, 0.1) is 6.61 Å². The first-order valence-corrected chi connectivity index (χ1v) is 6.80. The number of aliphatic hydroxyl groups excluding tert-OH is 1. The van der Waals surface area contributed by atoms with Crippen molar-refractivity contribution < 1.29 is 14.6 Å². The highest BCUT2D eigenvalue weighted by Gasteiger charge is 2.07. The van der Waals surface area contributed by atoms with Gasteiger partial charge in [-0.15, -0.1) is 0 Å². The smallest absolute Gasteiger partial charge is 0.251 e. The number of hydrogen-bond donors (Lipinski definition) is 2. The number of amides is 1. The van der Waals surface area contributed by atoms with E-state index in [0.717, 1.165) is 5.56 Å². The molecule has 110 valence electrons. The van der Waals surface area contributed by atoms with Gasteiger partial charge in [-0.2, -0.15) is 0 Å². The zero-order chi connectivity index (χ0) is 15.1. The Morgan fingerprint density at radius 2 is 2.19 bits per heavy atom. The Bertz CT molecular complexity index is 619. The zero-order valence-corrected chi connectivity index (χ0v) is 12.0. The minimum Gasteiger partial charge on any atom is -0.489 e. The number of aromatic nitrogens is 1. The highest BCUT2D eigenvalue weighted by atomic mass is 35.5. The molecule has 0 aliphatic heterocycles. The summed E-state index contributed by atoms with van der Waals surface area (Å²) in [6.07, 6.45) is 1.61. The monoisotopic (exact) mass is 306 g/mol. The summed E-state index contributed by atoms with van der Waals surface area (Å²) in [5.41, 5.74) is 1.24. The van der Waals surface area contributed by atoms with Crippen LogP contribution in [-0.4, -0.2) is 29.1 Å². The van der Waals surface area contributed by atoms with E-state index in [-0.39, 0.29) is 25.7 Å². The molecule has 0 atom stereocenters. The predicted octanol–water partition coefficient (Wildman–Crippen LogP) is 2.04. The SMILES string of the molecule is O=C(NCCO)c1cccc(OCc2cccnc2Cl)c1. The standard InChI is InChI=1S/C15H15ClN2O3/c16-14-12(4-2-6-17-14)10-21-13-5-1-3-11(9-13)15(20)18-7-8-19/h1-6,9,19H,7-8,10H2,(H,18,20). The van der Waals surface area contributed by atoms with Crippen molar-refractivity contribution in [1.82, 2.24) is 10.3 Å². The number of ether oxygens (including phenoxy) is 1. The molecule has 1 aromatic carbocycles. The van der Waals surface area contributed by atoms with Crippen LogP contribution in [0.5, 0.6) is 5.75 Å². The van der Waals surface area contributed by atoms with E-state index in [1.54, 1.807) is 36.5 Å². The molecule has 0 aliphatic carbocycles. The number of pyridine rings is 1. The summed E-state index contributed by atoms with van der Waals surface area (Å²) in [7, 11) is 0. The first kappa shape index (κ1) is 15.3. The third-order valence-corrected chi connectivity index (χ3v) is 3.06. The quantitative estimate of drug-likeness (QED) is 0.801. The summed E-state index contributed by atoms with van der Waals surface area (Å²) in [5.74, 6) is 0.306. The Labute approximate surface area is 127 Å². The molecule has 0 radical (unpaired) electrons. The van der Waals surface area contributed by atoms with E-state index in [0.29, 0.717) is 16.5 Å². The molecule has 1 aromatic heterocycles. The molecule has 2 aromatic rings. The third-order valence-electron chi connectivity index (χ3n) is 2.72. The van der Waals surface area contributed by atoms with Crippen LogP contribution >= 0.6 is 11.6 Å². The molecule has 21 heavy (non-hydrogen) atoms. The maximum Gasteiger partial charge on any atom is 0.251 e. The molecule has 1 amide bonds. The van der Waals surface area contributed by atoms with Gasteiger partial charge in [0.15, 0.2) is 0 Å². The number of carbonyl (C=O) groups is 1. The molecule has 1 heterocycles. The van der Waals surface area contributed by atoms with Crippen molar-refractivity contribution in [3.05, 3.63) is 58.9 Å². The average molecular weight is 307 g/mol. The van der Waals surface area contributed by atoms with Gasteiger partial charge in [0, 0.05) is 23.9 Å². The van der Waals surface area contributed by atoms with Crippen molar-refractivity contribution in [3.63, 3.8) is 0 Å². The second-order valence-corrected chi connectivity index (χ2v) is 4.61. The molecule has 0 spiro atoms. The highest BCUT2D eigenvalue weighted by molar-refractivity contribution is 6.30. The van der Waals surface area contributed by atoms with Crippen LogP contribution in [0.1, 0.15) is 15.9 Å². The van der Waals surface area contributed by atoms with Gasteiger partial charge in [-0.3, -0.25) is 4.79 Å². The van der Waals surface area contributed by atoms with E-state index >= 15 is 0 Å². The lowest BCUT2D eigenvalue weighted by Gasteiger charge is -2.09. The van der Waals surface area contributed by atoms with Crippen LogP contribution in [0.15, 0.2) is 42.6 Å². The van der Waals surface area contributed by atoms with E-state index in [9.17, 15) is 4.79 Å². The summed E-state index contributed by atoms with van der Waals surface area (Å²) in [6, 6.07) is 10.4. The van der Waals surface area contributed by atoms with Crippen molar-refractivity contribution in [2.45, 2.75) is 6.61 Å². The molecular formula is C15H15ClN2O3. The van der Waals surface area contributed by atoms with Gasteiger partial charge < -0.3 is 15.2 Å². The number of halogens is 1. The lowest BCUT2D eigenvalue weighted by atomic mass is 10.2. The van der Waals surface area contributed by atoms with Crippen LogP contribution in [0.2, 0.25) is 5.15 Å². The van der Waals surface area contributed by atoms with Gasteiger partial charge in [0.25, 0.3) is 5.91 Å². The topological polar surface area (TPSA) is 71.5 Å². The van der Waals surface area contributed by atoms with Gasteiger partial charge in [-0.25, -0.2) is 4.98 Å². The fraction of sp³-hybridized carbons (Fsp3) is 0.200. The minimum atomic E-state index is -0.256. The van der Waals surface area contributed by atoms with Gasteiger partial charge in [0.2, 0.25) is 0 Å². The molecule has 2 rings (SSSR count). The van der Waals surface area contributed by atoms with Gasteiger partial charge >= 0.3 is 0 Å². The molecule has 0 saturated heterocycles. The van der Waals surface area contributed by atoms with Gasteiger partial charge in [-0.1, -0.05) is 23.7 Å². The third kappa shape index (κ3) is 4.44. The largest absolute Gasteiger partial charge is 0.489 e. The van der Waals surface area contributed by atoms with Crippen molar-refractivity contribution in [2.24, 2.45) is 0 Å². The molecule has 0 saturated carbocycles. The summed E-state index contributed by atoms with van der Waals surface area (Å²) < 4.78 is 5.61. The highest BCUT2D eigenvalue weighted by Crippen LogP contribution is 2.18. The number of benzene rings is 1. The lowest BCUT2D eigenvalue weighted by molar-refractivity contribution is 0.0944.